The summed E-state index contributed by atoms with van der Waals surface area (Å²) in [5.41, 5.74) is 1.95. The van der Waals surface area contributed by atoms with Gasteiger partial charge in [-0.3, -0.25) is 9.78 Å². The van der Waals surface area contributed by atoms with Gasteiger partial charge >= 0.3 is 0 Å². The second-order valence-corrected chi connectivity index (χ2v) is 6.38. The number of carbonyl (C=O) groups is 1. The first-order valence-electron chi connectivity index (χ1n) is 8.62. The summed E-state index contributed by atoms with van der Waals surface area (Å²) in [6, 6.07) is 11.3. The van der Waals surface area contributed by atoms with E-state index in [4.69, 9.17) is 4.42 Å². The van der Waals surface area contributed by atoms with E-state index >= 15 is 0 Å². The fraction of sp³-hybridized carbons (Fsp3) is 0.250. The molecule has 0 saturated carbocycles. The maximum Gasteiger partial charge on any atom is 0.253 e. The van der Waals surface area contributed by atoms with Crippen molar-refractivity contribution in [1.29, 1.82) is 0 Å². The second-order valence-electron chi connectivity index (χ2n) is 6.38. The normalized spacial score (nSPS) is 17.3. The molecule has 0 bridgehead atoms. The molecule has 26 heavy (non-hydrogen) atoms. The smallest absolute Gasteiger partial charge is 0.253 e. The van der Waals surface area contributed by atoms with Crippen molar-refractivity contribution < 1.29 is 13.6 Å². The topological polar surface area (TPSA) is 59.2 Å². The van der Waals surface area contributed by atoms with Crippen LogP contribution in [-0.2, 0) is 0 Å². The lowest BCUT2D eigenvalue weighted by Gasteiger charge is -2.31. The Labute approximate surface area is 150 Å². The van der Waals surface area contributed by atoms with E-state index < -0.39 is 0 Å². The maximum atomic E-state index is 13.1. The van der Waals surface area contributed by atoms with Gasteiger partial charge in [0, 0.05) is 24.8 Å². The summed E-state index contributed by atoms with van der Waals surface area (Å²) in [5, 5.41) is 0. The first-order chi connectivity index (χ1) is 12.7. The van der Waals surface area contributed by atoms with Crippen LogP contribution in [0, 0.1) is 5.82 Å². The SMILES string of the molecule is O=C(c1ccc(F)cc1)N1CCC[C@H](c2nc(-c3ccccn3)co2)C1. The Morgan fingerprint density at radius 1 is 1.15 bits per heavy atom. The van der Waals surface area contributed by atoms with Gasteiger partial charge in [0.05, 0.1) is 11.6 Å². The van der Waals surface area contributed by atoms with Crippen molar-refractivity contribution in [2.45, 2.75) is 18.8 Å². The zero-order valence-electron chi connectivity index (χ0n) is 14.1. The number of amides is 1. The number of oxazole rings is 1. The second kappa shape index (κ2) is 7.07. The van der Waals surface area contributed by atoms with Crippen LogP contribution in [0.15, 0.2) is 59.3 Å². The predicted octanol–water partition coefficient (Wildman–Crippen LogP) is 3.90. The molecule has 1 aromatic carbocycles. The van der Waals surface area contributed by atoms with E-state index in [0.717, 1.165) is 18.5 Å². The lowest BCUT2D eigenvalue weighted by Crippen LogP contribution is -2.39. The number of rotatable bonds is 3. The van der Waals surface area contributed by atoms with Crippen LogP contribution in [-0.4, -0.2) is 33.9 Å². The predicted molar refractivity (Wildman–Crippen MR) is 94.0 cm³/mol. The van der Waals surface area contributed by atoms with Crippen LogP contribution in [0.25, 0.3) is 11.4 Å². The van der Waals surface area contributed by atoms with Crippen LogP contribution in [0.1, 0.15) is 35.0 Å². The summed E-state index contributed by atoms with van der Waals surface area (Å²) in [4.78, 5) is 23.3. The molecule has 1 amide bonds. The van der Waals surface area contributed by atoms with Crippen LogP contribution in [0.4, 0.5) is 4.39 Å². The van der Waals surface area contributed by atoms with E-state index in [1.54, 1.807) is 17.4 Å². The summed E-state index contributed by atoms with van der Waals surface area (Å²) in [6.45, 7) is 1.22. The third-order valence-electron chi connectivity index (χ3n) is 4.60. The number of pyridine rings is 1. The Bertz CT molecular complexity index is 893. The standard InChI is InChI=1S/C20H18FN3O2/c21-16-8-6-14(7-9-16)20(25)24-11-3-4-15(12-24)19-23-18(13-26-19)17-5-1-2-10-22-17/h1-2,5-10,13,15H,3-4,11-12H2/t15-/m0/s1. The van der Waals surface area contributed by atoms with Gasteiger partial charge in [-0.15, -0.1) is 0 Å². The zero-order valence-corrected chi connectivity index (χ0v) is 14.1. The first-order valence-corrected chi connectivity index (χ1v) is 8.62. The Hall–Kier alpha value is -3.02. The average Bonchev–Trinajstić information content (AvgIpc) is 3.19. The first kappa shape index (κ1) is 16.4. The van der Waals surface area contributed by atoms with Gasteiger partial charge in [0.25, 0.3) is 5.91 Å². The molecule has 0 N–H and O–H groups in total. The van der Waals surface area contributed by atoms with Crippen molar-refractivity contribution >= 4 is 5.91 Å². The molecule has 1 atom stereocenters. The third kappa shape index (κ3) is 3.35. The minimum absolute atomic E-state index is 0.0469. The van der Waals surface area contributed by atoms with Gasteiger partial charge in [-0.1, -0.05) is 6.07 Å². The van der Waals surface area contributed by atoms with Gasteiger partial charge < -0.3 is 9.32 Å². The van der Waals surface area contributed by atoms with Crippen LogP contribution in [0.3, 0.4) is 0 Å². The molecule has 1 fully saturated rings. The van der Waals surface area contributed by atoms with Crippen molar-refractivity contribution in [3.05, 3.63) is 72.2 Å². The van der Waals surface area contributed by atoms with Crippen LogP contribution in [0.2, 0.25) is 0 Å². The van der Waals surface area contributed by atoms with Gasteiger partial charge in [0.2, 0.25) is 0 Å². The zero-order chi connectivity index (χ0) is 17.9. The number of halogens is 1. The minimum atomic E-state index is -0.347. The van der Waals surface area contributed by atoms with E-state index in [1.807, 2.05) is 18.2 Å². The van der Waals surface area contributed by atoms with E-state index in [1.165, 1.54) is 24.3 Å². The van der Waals surface area contributed by atoms with E-state index in [9.17, 15) is 9.18 Å². The number of piperidine rings is 1. The van der Waals surface area contributed by atoms with Crippen LogP contribution < -0.4 is 0 Å². The van der Waals surface area contributed by atoms with E-state index in [-0.39, 0.29) is 17.6 Å². The molecule has 5 nitrogen and oxygen atoms in total. The molecule has 3 heterocycles. The van der Waals surface area contributed by atoms with Gasteiger partial charge in [0.15, 0.2) is 5.89 Å². The number of benzene rings is 1. The molecule has 0 unspecified atom stereocenters. The molecule has 3 aromatic rings. The molecule has 1 aliphatic heterocycles. The Morgan fingerprint density at radius 2 is 2.00 bits per heavy atom. The summed E-state index contributed by atoms with van der Waals surface area (Å²) in [7, 11) is 0. The molecule has 0 spiro atoms. The van der Waals surface area contributed by atoms with E-state index in [2.05, 4.69) is 9.97 Å². The summed E-state index contributed by atoms with van der Waals surface area (Å²) >= 11 is 0. The van der Waals surface area contributed by atoms with Gasteiger partial charge in [-0.25, -0.2) is 9.37 Å². The highest BCUT2D eigenvalue weighted by molar-refractivity contribution is 5.94. The van der Waals surface area contributed by atoms with Crippen molar-refractivity contribution in [3.63, 3.8) is 0 Å². The molecule has 1 saturated heterocycles. The lowest BCUT2D eigenvalue weighted by molar-refractivity contribution is 0.0698. The van der Waals surface area contributed by atoms with Crippen molar-refractivity contribution in [3.8, 4) is 11.4 Å². The van der Waals surface area contributed by atoms with Gasteiger partial charge in [-0.05, 0) is 49.2 Å². The van der Waals surface area contributed by atoms with E-state index in [0.29, 0.717) is 30.2 Å². The molecule has 2 aromatic heterocycles. The summed E-state index contributed by atoms with van der Waals surface area (Å²) in [5.74, 6) is 0.235. The maximum absolute atomic E-state index is 13.1. The molecule has 132 valence electrons. The fourth-order valence-electron chi connectivity index (χ4n) is 3.25. The van der Waals surface area contributed by atoms with Crippen LogP contribution in [0.5, 0.6) is 0 Å². The molecular weight excluding hydrogens is 333 g/mol. The summed E-state index contributed by atoms with van der Waals surface area (Å²) < 4.78 is 18.7. The highest BCUT2D eigenvalue weighted by Crippen LogP contribution is 2.29. The average molecular weight is 351 g/mol. The quantitative estimate of drug-likeness (QED) is 0.718. The molecule has 0 aliphatic carbocycles. The molecule has 0 radical (unpaired) electrons. The van der Waals surface area contributed by atoms with Gasteiger partial charge in [-0.2, -0.15) is 0 Å². The number of hydrogen-bond acceptors (Lipinski definition) is 4. The lowest BCUT2D eigenvalue weighted by atomic mass is 9.97. The Kier molecular flexibility index (Phi) is 4.48. The van der Waals surface area contributed by atoms with Crippen LogP contribution >= 0.6 is 0 Å². The molecule has 6 heteroatoms. The molecular formula is C20H18FN3O2. The Balaban J connectivity index is 1.49. The third-order valence-corrected chi connectivity index (χ3v) is 4.60. The Morgan fingerprint density at radius 3 is 2.77 bits per heavy atom. The number of nitrogens with zero attached hydrogens (tertiary/aromatic N) is 3. The number of hydrogen-bond donors (Lipinski definition) is 0. The minimum Gasteiger partial charge on any atom is -0.448 e. The van der Waals surface area contributed by atoms with Crippen molar-refractivity contribution in [2.24, 2.45) is 0 Å². The number of likely N-dealkylation sites (tertiary alicyclic amines) is 1. The highest BCUT2D eigenvalue weighted by atomic mass is 19.1. The molecule has 4 rings (SSSR count). The molecule has 1 aliphatic rings. The van der Waals surface area contributed by atoms with Gasteiger partial charge in [0.1, 0.15) is 17.8 Å². The summed E-state index contributed by atoms with van der Waals surface area (Å²) in [6.07, 6.45) is 5.11. The highest BCUT2D eigenvalue weighted by Gasteiger charge is 2.28. The fourth-order valence-corrected chi connectivity index (χ4v) is 3.25. The number of carbonyl (C=O) groups excluding carboxylic acids is 1. The number of aromatic nitrogens is 2. The largest absolute Gasteiger partial charge is 0.448 e. The monoisotopic (exact) mass is 351 g/mol. The van der Waals surface area contributed by atoms with Crippen molar-refractivity contribution in [2.75, 3.05) is 13.1 Å². The van der Waals surface area contributed by atoms with Crippen molar-refractivity contribution in [1.82, 2.24) is 14.9 Å².